The second kappa shape index (κ2) is 8.47. The molecule has 1 atom stereocenters. The van der Waals surface area contributed by atoms with Gasteiger partial charge in [-0.25, -0.2) is 13.1 Å². The van der Waals surface area contributed by atoms with Crippen LogP contribution in [0.2, 0.25) is 0 Å². The molecule has 8 heteroatoms. The van der Waals surface area contributed by atoms with Gasteiger partial charge in [0, 0.05) is 36.7 Å². The van der Waals surface area contributed by atoms with Crippen molar-refractivity contribution in [2.24, 2.45) is 0 Å². The minimum atomic E-state index is -3.61. The fourth-order valence-corrected chi connectivity index (χ4v) is 5.32. The average Bonchev–Trinajstić information content (AvgIpc) is 3.16. The number of ether oxygens (including phenoxy) is 1. The van der Waals surface area contributed by atoms with E-state index in [1.54, 1.807) is 44.8 Å². The second-order valence-corrected chi connectivity index (χ2v) is 9.16. The molecule has 0 unspecified atom stereocenters. The van der Waals surface area contributed by atoms with Gasteiger partial charge in [-0.1, -0.05) is 0 Å². The maximum atomic E-state index is 12.8. The number of methoxy groups -OCH3 is 1. The number of furan rings is 1. The number of nitrogens with one attached hydrogen (secondary N) is 1. The Balaban J connectivity index is 1.77. The van der Waals surface area contributed by atoms with Crippen LogP contribution in [0.25, 0.3) is 0 Å². The quantitative estimate of drug-likeness (QED) is 0.776. The largest absolute Gasteiger partial charge is 0.497 e. The first kappa shape index (κ1) is 19.3. The van der Waals surface area contributed by atoms with Crippen molar-refractivity contribution in [1.29, 1.82) is 0 Å². The van der Waals surface area contributed by atoms with Gasteiger partial charge in [0.25, 0.3) is 0 Å². The second-order valence-electron chi connectivity index (χ2n) is 6.20. The molecule has 1 N–H and O–H groups in total. The Morgan fingerprint density at radius 3 is 2.69 bits per heavy atom. The van der Waals surface area contributed by atoms with Gasteiger partial charge in [-0.2, -0.15) is 11.8 Å². The minimum absolute atomic E-state index is 0.0389. The number of aryl methyl sites for hydroxylation is 1. The first-order valence-electron chi connectivity index (χ1n) is 8.49. The number of hydrogen-bond donors (Lipinski definition) is 1. The van der Waals surface area contributed by atoms with Crippen LogP contribution in [0.15, 0.2) is 46.1 Å². The van der Waals surface area contributed by atoms with Crippen LogP contribution in [-0.2, 0) is 10.0 Å². The molecule has 1 aromatic carbocycles. The van der Waals surface area contributed by atoms with Crippen LogP contribution in [0.4, 0.5) is 0 Å². The molecule has 6 nitrogen and oxygen atoms in total. The third kappa shape index (κ3) is 4.43. The number of benzene rings is 1. The summed E-state index contributed by atoms with van der Waals surface area (Å²) in [4.78, 5) is 2.59. The molecule has 1 saturated heterocycles. The normalized spacial score (nSPS) is 17.2. The van der Waals surface area contributed by atoms with E-state index in [9.17, 15) is 8.42 Å². The van der Waals surface area contributed by atoms with E-state index in [2.05, 4.69) is 9.62 Å². The molecule has 0 spiro atoms. The molecular formula is C18H24N2O4S2. The smallest absolute Gasteiger partial charge is 0.240 e. The lowest BCUT2D eigenvalue weighted by Crippen LogP contribution is -2.42. The first-order valence-corrected chi connectivity index (χ1v) is 11.1. The summed E-state index contributed by atoms with van der Waals surface area (Å²) < 4.78 is 38.8. The highest BCUT2D eigenvalue weighted by Gasteiger charge is 2.26. The number of hydrogen-bond acceptors (Lipinski definition) is 6. The average molecular weight is 397 g/mol. The highest BCUT2D eigenvalue weighted by Crippen LogP contribution is 2.26. The molecule has 142 valence electrons. The van der Waals surface area contributed by atoms with Gasteiger partial charge in [0.05, 0.1) is 30.6 Å². The van der Waals surface area contributed by atoms with E-state index >= 15 is 0 Å². The predicted octanol–water partition coefficient (Wildman–Crippen LogP) is 2.67. The fraction of sp³-hybridized carbons (Fsp3) is 0.444. The SMILES string of the molecule is COc1ccc(S(=O)(=O)NC[C@@H](c2ccoc2)N2CCSCC2)c(C)c1. The highest BCUT2D eigenvalue weighted by atomic mass is 32.2. The van der Waals surface area contributed by atoms with Gasteiger partial charge < -0.3 is 9.15 Å². The van der Waals surface area contributed by atoms with Crippen molar-refractivity contribution in [3.05, 3.63) is 47.9 Å². The van der Waals surface area contributed by atoms with Gasteiger partial charge in [0.15, 0.2) is 0 Å². The molecular weight excluding hydrogens is 372 g/mol. The lowest BCUT2D eigenvalue weighted by Gasteiger charge is -2.34. The zero-order valence-corrected chi connectivity index (χ0v) is 16.6. The maximum absolute atomic E-state index is 12.8. The third-order valence-electron chi connectivity index (χ3n) is 4.55. The summed E-state index contributed by atoms with van der Waals surface area (Å²) in [6.07, 6.45) is 3.32. The zero-order valence-electron chi connectivity index (χ0n) is 15.0. The maximum Gasteiger partial charge on any atom is 0.240 e. The van der Waals surface area contributed by atoms with Crippen LogP contribution in [0, 0.1) is 6.92 Å². The third-order valence-corrected chi connectivity index (χ3v) is 7.08. The molecule has 1 aliphatic rings. The number of thioether (sulfide) groups is 1. The number of rotatable bonds is 7. The minimum Gasteiger partial charge on any atom is -0.497 e. The van der Waals surface area contributed by atoms with Crippen molar-refractivity contribution >= 4 is 21.8 Å². The Morgan fingerprint density at radius 2 is 2.08 bits per heavy atom. The summed E-state index contributed by atoms with van der Waals surface area (Å²) in [5.74, 6) is 2.75. The topological polar surface area (TPSA) is 71.8 Å². The highest BCUT2D eigenvalue weighted by molar-refractivity contribution is 7.99. The van der Waals surface area contributed by atoms with E-state index in [0.29, 0.717) is 17.9 Å². The van der Waals surface area contributed by atoms with E-state index < -0.39 is 10.0 Å². The Morgan fingerprint density at radius 1 is 1.31 bits per heavy atom. The van der Waals surface area contributed by atoms with E-state index in [4.69, 9.17) is 9.15 Å². The van der Waals surface area contributed by atoms with Crippen molar-refractivity contribution in [2.75, 3.05) is 38.2 Å². The van der Waals surface area contributed by atoms with E-state index in [0.717, 1.165) is 30.2 Å². The molecule has 1 aliphatic heterocycles. The lowest BCUT2D eigenvalue weighted by atomic mass is 10.1. The van der Waals surface area contributed by atoms with E-state index in [-0.39, 0.29) is 10.9 Å². The van der Waals surface area contributed by atoms with Gasteiger partial charge in [-0.15, -0.1) is 0 Å². The molecule has 0 bridgehead atoms. The molecule has 0 aliphatic carbocycles. The molecule has 1 aromatic heterocycles. The van der Waals surface area contributed by atoms with Gasteiger partial charge in [-0.05, 0) is 36.8 Å². The molecule has 3 rings (SSSR count). The summed E-state index contributed by atoms with van der Waals surface area (Å²) in [5.41, 5.74) is 1.65. The number of sulfonamides is 1. The van der Waals surface area contributed by atoms with Gasteiger partial charge in [0.2, 0.25) is 10.0 Å². The van der Waals surface area contributed by atoms with Crippen molar-refractivity contribution in [3.63, 3.8) is 0 Å². The summed E-state index contributed by atoms with van der Waals surface area (Å²) in [7, 11) is -2.05. The summed E-state index contributed by atoms with van der Waals surface area (Å²) >= 11 is 1.92. The lowest BCUT2D eigenvalue weighted by molar-refractivity contribution is 0.218. The summed E-state index contributed by atoms with van der Waals surface area (Å²) in [5, 5.41) is 0. The molecule has 2 aromatic rings. The van der Waals surface area contributed by atoms with Crippen LogP contribution in [-0.4, -0.2) is 51.6 Å². The molecule has 1 fully saturated rings. The summed E-state index contributed by atoms with van der Waals surface area (Å²) in [6, 6.07) is 6.84. The molecule has 0 amide bonds. The Kier molecular flexibility index (Phi) is 6.29. The standard InChI is InChI=1S/C18H24N2O4S2/c1-14-11-16(23-2)3-4-18(14)26(21,22)19-12-17(15-5-8-24-13-15)20-6-9-25-10-7-20/h3-5,8,11,13,17,19H,6-7,9-10,12H2,1-2H3/t17-/m0/s1. The first-order chi connectivity index (χ1) is 12.5. The molecule has 2 heterocycles. The predicted molar refractivity (Wildman–Crippen MR) is 103 cm³/mol. The van der Waals surface area contributed by atoms with Gasteiger partial charge >= 0.3 is 0 Å². The molecule has 26 heavy (non-hydrogen) atoms. The fourth-order valence-electron chi connectivity index (χ4n) is 3.13. The van der Waals surface area contributed by atoms with Crippen molar-refractivity contribution < 1.29 is 17.6 Å². The van der Waals surface area contributed by atoms with Crippen molar-refractivity contribution in [3.8, 4) is 5.75 Å². The Labute approximate surface area is 159 Å². The van der Waals surface area contributed by atoms with Crippen molar-refractivity contribution in [2.45, 2.75) is 17.9 Å². The van der Waals surface area contributed by atoms with E-state index in [1.165, 1.54) is 0 Å². The monoisotopic (exact) mass is 396 g/mol. The summed E-state index contributed by atoms with van der Waals surface area (Å²) in [6.45, 7) is 3.94. The van der Waals surface area contributed by atoms with Crippen LogP contribution in [0.5, 0.6) is 5.75 Å². The van der Waals surface area contributed by atoms with Gasteiger partial charge in [-0.3, -0.25) is 4.90 Å². The van der Waals surface area contributed by atoms with E-state index in [1.807, 2.05) is 17.8 Å². The number of nitrogens with zero attached hydrogens (tertiary/aromatic N) is 1. The van der Waals surface area contributed by atoms with Crippen LogP contribution < -0.4 is 9.46 Å². The van der Waals surface area contributed by atoms with Crippen LogP contribution in [0.1, 0.15) is 17.2 Å². The van der Waals surface area contributed by atoms with Crippen LogP contribution >= 0.6 is 11.8 Å². The Bertz CT molecular complexity index is 816. The Hall–Kier alpha value is -1.48. The molecule has 0 saturated carbocycles. The molecule has 0 radical (unpaired) electrons. The van der Waals surface area contributed by atoms with Gasteiger partial charge in [0.1, 0.15) is 5.75 Å². The van der Waals surface area contributed by atoms with Crippen LogP contribution in [0.3, 0.4) is 0 Å². The zero-order chi connectivity index (χ0) is 18.6. The van der Waals surface area contributed by atoms with Crippen molar-refractivity contribution in [1.82, 2.24) is 9.62 Å².